The monoisotopic (exact) mass is 218 g/mol. The maximum atomic E-state index is 12.0. The van der Waals surface area contributed by atoms with Crippen LogP contribution < -0.4 is 4.74 Å². The predicted molar refractivity (Wildman–Crippen MR) is 60.7 cm³/mol. The molecule has 0 amide bonds. The van der Waals surface area contributed by atoms with Gasteiger partial charge in [0.15, 0.2) is 5.78 Å². The van der Waals surface area contributed by atoms with Crippen LogP contribution in [0.25, 0.3) is 0 Å². The first-order valence-corrected chi connectivity index (χ1v) is 5.14. The maximum absolute atomic E-state index is 12.0. The van der Waals surface area contributed by atoms with E-state index in [4.69, 9.17) is 4.74 Å². The van der Waals surface area contributed by atoms with Crippen molar-refractivity contribution in [2.24, 2.45) is 0 Å². The summed E-state index contributed by atoms with van der Waals surface area (Å²) in [6.45, 7) is 3.67. The topological polar surface area (TPSA) is 46.5 Å². The van der Waals surface area contributed by atoms with E-state index in [1.807, 2.05) is 13.8 Å². The molecule has 0 unspecified atom stereocenters. The number of aliphatic hydroxyl groups is 1. The number of methoxy groups -OCH3 is 1. The average molecular weight is 218 g/mol. The Balaban J connectivity index is 2.60. The summed E-state index contributed by atoms with van der Waals surface area (Å²) >= 11 is 0. The van der Waals surface area contributed by atoms with Crippen LogP contribution in [0.4, 0.5) is 0 Å². The number of Topliss-reactive ketones (excluding diaryl/α,β-unsaturated/α-hetero) is 1. The highest BCUT2D eigenvalue weighted by molar-refractivity contribution is 6.14. The standard InChI is InChI=1S/C13H14O3/c1-7(2)11-12(14)9-5-4-8(16-3)6-10(9)13(11)15/h4-6,13,15H,1-3H3/t13-/m1/s1. The summed E-state index contributed by atoms with van der Waals surface area (Å²) in [4.78, 5) is 12.0. The molecule has 1 aromatic rings. The van der Waals surface area contributed by atoms with Crippen molar-refractivity contribution in [1.82, 2.24) is 0 Å². The van der Waals surface area contributed by atoms with Crippen LogP contribution in [0.3, 0.4) is 0 Å². The van der Waals surface area contributed by atoms with Crippen LogP contribution in [0.1, 0.15) is 35.9 Å². The zero-order valence-electron chi connectivity index (χ0n) is 9.57. The lowest BCUT2D eigenvalue weighted by molar-refractivity contribution is 0.101. The van der Waals surface area contributed by atoms with Crippen LogP contribution in [0.15, 0.2) is 29.3 Å². The van der Waals surface area contributed by atoms with Crippen molar-refractivity contribution < 1.29 is 14.6 Å². The van der Waals surface area contributed by atoms with Crippen molar-refractivity contribution in [2.75, 3.05) is 7.11 Å². The number of ketones is 1. The minimum Gasteiger partial charge on any atom is -0.497 e. The first-order chi connectivity index (χ1) is 7.56. The minimum absolute atomic E-state index is 0.0786. The number of carbonyl (C=O) groups is 1. The van der Waals surface area contributed by atoms with E-state index in [-0.39, 0.29) is 5.78 Å². The first-order valence-electron chi connectivity index (χ1n) is 5.14. The zero-order valence-corrected chi connectivity index (χ0v) is 9.57. The Hall–Kier alpha value is -1.61. The molecule has 84 valence electrons. The van der Waals surface area contributed by atoms with Crippen molar-refractivity contribution in [3.05, 3.63) is 40.5 Å². The molecule has 0 bridgehead atoms. The number of allylic oxidation sites excluding steroid dienone is 1. The molecule has 0 fully saturated rings. The summed E-state index contributed by atoms with van der Waals surface area (Å²) < 4.78 is 5.08. The third-order valence-electron chi connectivity index (χ3n) is 2.85. The largest absolute Gasteiger partial charge is 0.497 e. The van der Waals surface area contributed by atoms with E-state index in [2.05, 4.69) is 0 Å². The molecule has 16 heavy (non-hydrogen) atoms. The van der Waals surface area contributed by atoms with Crippen molar-refractivity contribution in [2.45, 2.75) is 20.0 Å². The second-order valence-electron chi connectivity index (χ2n) is 4.10. The van der Waals surface area contributed by atoms with E-state index < -0.39 is 6.10 Å². The summed E-state index contributed by atoms with van der Waals surface area (Å²) in [6.07, 6.45) is -0.817. The van der Waals surface area contributed by atoms with E-state index in [0.717, 1.165) is 5.57 Å². The number of ether oxygens (including phenoxy) is 1. The highest BCUT2D eigenvalue weighted by atomic mass is 16.5. The lowest BCUT2D eigenvalue weighted by Crippen LogP contribution is -2.01. The van der Waals surface area contributed by atoms with Gasteiger partial charge in [0.2, 0.25) is 0 Å². The van der Waals surface area contributed by atoms with Gasteiger partial charge in [0, 0.05) is 11.1 Å². The lowest BCUT2D eigenvalue weighted by atomic mass is 10.1. The van der Waals surface area contributed by atoms with E-state index in [1.54, 1.807) is 25.3 Å². The second-order valence-corrected chi connectivity index (χ2v) is 4.10. The Morgan fingerprint density at radius 3 is 2.62 bits per heavy atom. The number of rotatable bonds is 1. The van der Waals surface area contributed by atoms with Gasteiger partial charge in [0.1, 0.15) is 11.9 Å². The Bertz CT molecular complexity index is 482. The molecule has 0 saturated carbocycles. The normalized spacial score (nSPS) is 18.6. The van der Waals surface area contributed by atoms with E-state index >= 15 is 0 Å². The summed E-state index contributed by atoms with van der Waals surface area (Å²) in [5.41, 5.74) is 2.56. The Kier molecular flexibility index (Phi) is 2.56. The molecule has 1 aliphatic rings. The van der Waals surface area contributed by atoms with Crippen LogP contribution in [0, 0.1) is 0 Å². The van der Waals surface area contributed by atoms with Crippen molar-refractivity contribution in [3.63, 3.8) is 0 Å². The smallest absolute Gasteiger partial charge is 0.192 e. The van der Waals surface area contributed by atoms with Crippen LogP contribution in [-0.2, 0) is 0 Å². The van der Waals surface area contributed by atoms with Crippen molar-refractivity contribution >= 4 is 5.78 Å². The molecule has 0 heterocycles. The van der Waals surface area contributed by atoms with Crippen LogP contribution in [0.2, 0.25) is 0 Å². The van der Waals surface area contributed by atoms with Gasteiger partial charge < -0.3 is 9.84 Å². The number of benzene rings is 1. The number of hydrogen-bond donors (Lipinski definition) is 1. The Morgan fingerprint density at radius 2 is 2.06 bits per heavy atom. The number of fused-ring (bicyclic) bond motifs is 1. The van der Waals surface area contributed by atoms with Gasteiger partial charge >= 0.3 is 0 Å². The van der Waals surface area contributed by atoms with Gasteiger partial charge in [0.25, 0.3) is 0 Å². The zero-order chi connectivity index (χ0) is 11.9. The molecule has 0 aromatic heterocycles. The third kappa shape index (κ3) is 1.44. The molecular formula is C13H14O3. The average Bonchev–Trinajstić information content (AvgIpc) is 2.51. The second kappa shape index (κ2) is 3.76. The molecule has 0 spiro atoms. The minimum atomic E-state index is -0.817. The van der Waals surface area contributed by atoms with Gasteiger partial charge in [-0.25, -0.2) is 0 Å². The van der Waals surface area contributed by atoms with Gasteiger partial charge in [-0.3, -0.25) is 4.79 Å². The van der Waals surface area contributed by atoms with Crippen LogP contribution >= 0.6 is 0 Å². The molecule has 3 heteroatoms. The Labute approximate surface area is 94.4 Å². The van der Waals surface area contributed by atoms with Crippen molar-refractivity contribution in [1.29, 1.82) is 0 Å². The SMILES string of the molecule is COc1ccc2c(c1)[C@@H](O)C(=C(C)C)C2=O. The summed E-state index contributed by atoms with van der Waals surface area (Å²) in [6, 6.07) is 5.15. The number of aliphatic hydroxyl groups excluding tert-OH is 1. The molecule has 0 aliphatic heterocycles. The maximum Gasteiger partial charge on any atom is 0.192 e. The van der Waals surface area contributed by atoms with E-state index in [1.165, 1.54) is 0 Å². The molecule has 3 nitrogen and oxygen atoms in total. The first kappa shape index (κ1) is 10.9. The van der Waals surface area contributed by atoms with Gasteiger partial charge in [-0.2, -0.15) is 0 Å². The summed E-state index contributed by atoms with van der Waals surface area (Å²) in [5, 5.41) is 10.1. The molecule has 1 aliphatic carbocycles. The van der Waals surface area contributed by atoms with Crippen LogP contribution in [0.5, 0.6) is 5.75 Å². The van der Waals surface area contributed by atoms with Crippen molar-refractivity contribution in [3.8, 4) is 5.75 Å². The highest BCUT2D eigenvalue weighted by Gasteiger charge is 2.34. The summed E-state index contributed by atoms with van der Waals surface area (Å²) in [7, 11) is 1.56. The summed E-state index contributed by atoms with van der Waals surface area (Å²) in [5.74, 6) is 0.575. The predicted octanol–water partition coefficient (Wildman–Crippen LogP) is 2.26. The van der Waals surface area contributed by atoms with Gasteiger partial charge in [-0.1, -0.05) is 5.57 Å². The fourth-order valence-electron chi connectivity index (χ4n) is 2.03. The fourth-order valence-corrected chi connectivity index (χ4v) is 2.03. The molecule has 1 atom stereocenters. The molecule has 0 radical (unpaired) electrons. The molecule has 1 N–H and O–H groups in total. The number of hydrogen-bond acceptors (Lipinski definition) is 3. The lowest BCUT2D eigenvalue weighted by Gasteiger charge is -2.07. The van der Waals surface area contributed by atoms with Gasteiger partial charge in [0.05, 0.1) is 7.11 Å². The van der Waals surface area contributed by atoms with Gasteiger partial charge in [-0.05, 0) is 37.6 Å². The van der Waals surface area contributed by atoms with E-state index in [0.29, 0.717) is 22.4 Å². The number of carbonyl (C=O) groups excluding carboxylic acids is 1. The molecule has 2 rings (SSSR count). The van der Waals surface area contributed by atoms with Crippen LogP contribution in [-0.4, -0.2) is 18.0 Å². The van der Waals surface area contributed by atoms with Gasteiger partial charge in [-0.15, -0.1) is 0 Å². The molecular weight excluding hydrogens is 204 g/mol. The quantitative estimate of drug-likeness (QED) is 0.735. The highest BCUT2D eigenvalue weighted by Crippen LogP contribution is 2.38. The Morgan fingerprint density at radius 1 is 1.38 bits per heavy atom. The fraction of sp³-hybridized carbons (Fsp3) is 0.308. The van der Waals surface area contributed by atoms with E-state index in [9.17, 15) is 9.90 Å². The molecule has 0 saturated heterocycles. The third-order valence-corrected chi connectivity index (χ3v) is 2.85. The molecule has 1 aromatic carbocycles.